The standard InChI is InChI=1S/C24H18ClN/c25-22-13-7-12-21-20(16-14-18-8-3-1-4-9-18)23(26-24(21)22)17-15-19-10-5-2-6-11-19/h1-17,26H/b16-14+,17-15+. The summed E-state index contributed by atoms with van der Waals surface area (Å²) in [7, 11) is 0. The molecule has 4 aromatic rings. The van der Waals surface area contributed by atoms with Gasteiger partial charge in [-0.15, -0.1) is 0 Å². The van der Waals surface area contributed by atoms with Gasteiger partial charge >= 0.3 is 0 Å². The van der Waals surface area contributed by atoms with E-state index in [0.717, 1.165) is 32.7 Å². The third-order valence-corrected chi connectivity index (χ3v) is 4.65. The Labute approximate surface area is 158 Å². The van der Waals surface area contributed by atoms with Gasteiger partial charge in [0.25, 0.3) is 0 Å². The van der Waals surface area contributed by atoms with Gasteiger partial charge in [-0.2, -0.15) is 0 Å². The Hall–Kier alpha value is -3.03. The lowest BCUT2D eigenvalue weighted by Crippen LogP contribution is -1.77. The average Bonchev–Trinajstić information content (AvgIpc) is 3.05. The first-order chi connectivity index (χ1) is 12.8. The molecule has 0 unspecified atom stereocenters. The van der Waals surface area contributed by atoms with Crippen molar-refractivity contribution in [2.45, 2.75) is 0 Å². The van der Waals surface area contributed by atoms with Crippen LogP contribution in [0.1, 0.15) is 22.4 Å². The van der Waals surface area contributed by atoms with Crippen LogP contribution in [0.5, 0.6) is 0 Å². The number of halogens is 1. The number of H-pyrrole nitrogens is 1. The quantitative estimate of drug-likeness (QED) is 0.399. The lowest BCUT2D eigenvalue weighted by molar-refractivity contribution is 1.42. The van der Waals surface area contributed by atoms with Crippen LogP contribution in [0.2, 0.25) is 5.02 Å². The number of aromatic amines is 1. The van der Waals surface area contributed by atoms with Gasteiger partial charge in [-0.1, -0.05) is 103 Å². The molecule has 2 heteroatoms. The monoisotopic (exact) mass is 355 g/mol. The van der Waals surface area contributed by atoms with E-state index in [1.807, 2.05) is 48.5 Å². The number of aromatic nitrogens is 1. The summed E-state index contributed by atoms with van der Waals surface area (Å²) in [5.41, 5.74) is 5.48. The molecule has 1 heterocycles. The zero-order valence-corrected chi connectivity index (χ0v) is 14.9. The van der Waals surface area contributed by atoms with E-state index in [4.69, 9.17) is 11.6 Å². The molecule has 0 bridgehead atoms. The van der Waals surface area contributed by atoms with Gasteiger partial charge in [0, 0.05) is 16.6 Å². The van der Waals surface area contributed by atoms with E-state index in [2.05, 4.69) is 59.6 Å². The lowest BCUT2D eigenvalue weighted by atomic mass is 10.1. The van der Waals surface area contributed by atoms with Gasteiger partial charge in [0.15, 0.2) is 0 Å². The van der Waals surface area contributed by atoms with Gasteiger partial charge in [0.1, 0.15) is 0 Å². The molecule has 1 nitrogen and oxygen atoms in total. The molecule has 0 fully saturated rings. The number of nitrogens with one attached hydrogen (secondary N) is 1. The number of rotatable bonds is 4. The number of hydrogen-bond donors (Lipinski definition) is 1. The summed E-state index contributed by atoms with van der Waals surface area (Å²) in [5, 5.41) is 1.86. The fourth-order valence-corrected chi connectivity index (χ4v) is 3.24. The number of para-hydroxylation sites is 1. The van der Waals surface area contributed by atoms with Crippen molar-refractivity contribution in [2.75, 3.05) is 0 Å². The topological polar surface area (TPSA) is 15.8 Å². The molecule has 0 atom stereocenters. The summed E-state index contributed by atoms with van der Waals surface area (Å²) < 4.78 is 0. The maximum atomic E-state index is 6.40. The maximum Gasteiger partial charge on any atom is 0.0654 e. The van der Waals surface area contributed by atoms with Crippen molar-refractivity contribution < 1.29 is 0 Å². The first-order valence-electron chi connectivity index (χ1n) is 8.58. The van der Waals surface area contributed by atoms with Crippen molar-refractivity contribution in [3.63, 3.8) is 0 Å². The second-order valence-corrected chi connectivity index (χ2v) is 6.51. The van der Waals surface area contributed by atoms with Gasteiger partial charge in [-0.3, -0.25) is 0 Å². The third kappa shape index (κ3) is 3.49. The van der Waals surface area contributed by atoms with Gasteiger partial charge < -0.3 is 4.98 Å². The van der Waals surface area contributed by atoms with Crippen LogP contribution in [0.25, 0.3) is 35.2 Å². The molecule has 0 saturated heterocycles. The number of fused-ring (bicyclic) bond motifs is 1. The van der Waals surface area contributed by atoms with Crippen molar-refractivity contribution in [1.82, 2.24) is 4.98 Å². The Morgan fingerprint density at radius 2 is 1.23 bits per heavy atom. The largest absolute Gasteiger partial charge is 0.353 e. The first kappa shape index (κ1) is 16.4. The molecule has 0 amide bonds. The molecule has 126 valence electrons. The molecule has 0 aliphatic rings. The van der Waals surface area contributed by atoms with Crippen molar-refractivity contribution in [3.05, 3.63) is 106 Å². The van der Waals surface area contributed by atoms with E-state index in [1.54, 1.807) is 0 Å². The minimum Gasteiger partial charge on any atom is -0.353 e. The number of benzene rings is 3. The van der Waals surface area contributed by atoms with Gasteiger partial charge in [0.2, 0.25) is 0 Å². The molecule has 3 aromatic carbocycles. The van der Waals surface area contributed by atoms with Crippen LogP contribution in [-0.4, -0.2) is 4.98 Å². The Bertz CT molecular complexity index is 1070. The fourth-order valence-electron chi connectivity index (χ4n) is 3.02. The van der Waals surface area contributed by atoms with Crippen LogP contribution in [0, 0.1) is 0 Å². The highest BCUT2D eigenvalue weighted by molar-refractivity contribution is 6.35. The molecule has 1 N–H and O–H groups in total. The average molecular weight is 356 g/mol. The molecule has 0 saturated carbocycles. The summed E-state index contributed by atoms with van der Waals surface area (Å²) >= 11 is 6.40. The van der Waals surface area contributed by atoms with Crippen LogP contribution in [0.4, 0.5) is 0 Å². The lowest BCUT2D eigenvalue weighted by Gasteiger charge is -1.97. The predicted molar refractivity (Wildman–Crippen MR) is 114 cm³/mol. The van der Waals surface area contributed by atoms with Crippen LogP contribution < -0.4 is 0 Å². The van der Waals surface area contributed by atoms with Crippen LogP contribution >= 0.6 is 11.6 Å². The van der Waals surface area contributed by atoms with E-state index in [0.29, 0.717) is 0 Å². The molecule has 26 heavy (non-hydrogen) atoms. The van der Waals surface area contributed by atoms with Crippen LogP contribution in [0.15, 0.2) is 78.9 Å². The Morgan fingerprint density at radius 3 is 1.88 bits per heavy atom. The zero-order chi connectivity index (χ0) is 17.8. The van der Waals surface area contributed by atoms with E-state index in [9.17, 15) is 0 Å². The SMILES string of the molecule is Clc1cccc2c(/C=C/c3ccccc3)c(/C=C/c3ccccc3)[nH]c12. The van der Waals surface area contributed by atoms with Gasteiger partial charge in [-0.05, 0) is 23.3 Å². The van der Waals surface area contributed by atoms with Gasteiger partial charge in [0.05, 0.1) is 10.5 Å². The second kappa shape index (κ2) is 7.47. The van der Waals surface area contributed by atoms with E-state index in [1.165, 1.54) is 5.56 Å². The summed E-state index contributed by atoms with van der Waals surface area (Å²) in [4.78, 5) is 3.47. The molecule has 0 radical (unpaired) electrons. The van der Waals surface area contributed by atoms with Crippen LogP contribution in [0.3, 0.4) is 0 Å². The first-order valence-corrected chi connectivity index (χ1v) is 8.95. The number of hydrogen-bond acceptors (Lipinski definition) is 0. The smallest absolute Gasteiger partial charge is 0.0654 e. The van der Waals surface area contributed by atoms with Crippen molar-refractivity contribution in [1.29, 1.82) is 0 Å². The van der Waals surface area contributed by atoms with E-state index >= 15 is 0 Å². The van der Waals surface area contributed by atoms with Crippen molar-refractivity contribution in [3.8, 4) is 0 Å². The minimum absolute atomic E-state index is 0.733. The fraction of sp³-hybridized carbons (Fsp3) is 0. The highest BCUT2D eigenvalue weighted by atomic mass is 35.5. The van der Waals surface area contributed by atoms with Gasteiger partial charge in [-0.25, -0.2) is 0 Å². The third-order valence-electron chi connectivity index (χ3n) is 4.34. The molecule has 0 aliphatic heterocycles. The second-order valence-electron chi connectivity index (χ2n) is 6.10. The summed E-state index contributed by atoms with van der Waals surface area (Å²) in [5.74, 6) is 0. The highest BCUT2D eigenvalue weighted by Gasteiger charge is 2.09. The van der Waals surface area contributed by atoms with Crippen molar-refractivity contribution in [2.24, 2.45) is 0 Å². The predicted octanol–water partition coefficient (Wildman–Crippen LogP) is 7.16. The van der Waals surface area contributed by atoms with Crippen LogP contribution in [-0.2, 0) is 0 Å². The normalized spacial score (nSPS) is 11.7. The molecule has 0 aliphatic carbocycles. The summed E-state index contributed by atoms with van der Waals surface area (Å²) in [6, 6.07) is 26.6. The molecule has 0 spiro atoms. The van der Waals surface area contributed by atoms with E-state index in [-0.39, 0.29) is 0 Å². The molecule has 4 rings (SSSR count). The van der Waals surface area contributed by atoms with Crippen molar-refractivity contribution >= 4 is 46.8 Å². The highest BCUT2D eigenvalue weighted by Crippen LogP contribution is 2.30. The summed E-state index contributed by atoms with van der Waals surface area (Å²) in [6.07, 6.45) is 8.49. The Morgan fingerprint density at radius 1 is 0.615 bits per heavy atom. The minimum atomic E-state index is 0.733. The Balaban J connectivity index is 1.80. The van der Waals surface area contributed by atoms with E-state index < -0.39 is 0 Å². The molecular formula is C24H18ClN. The zero-order valence-electron chi connectivity index (χ0n) is 14.2. The Kier molecular flexibility index (Phi) is 4.72. The molecular weight excluding hydrogens is 338 g/mol. The molecule has 1 aromatic heterocycles. The maximum absolute atomic E-state index is 6.40. The summed E-state index contributed by atoms with van der Waals surface area (Å²) in [6.45, 7) is 0.